The highest BCUT2D eigenvalue weighted by molar-refractivity contribution is 7.92. The Bertz CT molecular complexity index is 1150. The first-order valence-corrected chi connectivity index (χ1v) is 12.9. The van der Waals surface area contributed by atoms with Gasteiger partial charge in [0.05, 0.1) is 11.9 Å². The zero-order valence-corrected chi connectivity index (χ0v) is 19.8. The Balaban J connectivity index is 1.75. The summed E-state index contributed by atoms with van der Waals surface area (Å²) in [6.07, 6.45) is -0.672. The standard InChI is InChI=1S/C23H27F4N3O3S/c1-15(17-6-9-19(18(24)14-17)29-34(2,32)33)20(31)10-7-16-8-11-21(23(25,26)27)28-22(16)30-12-4-3-5-13-30/h6,8-9,11,14-15,29H,3-5,7,10,12-13H2,1-2H3/t15-/m0/s1. The molecule has 186 valence electrons. The Kier molecular flexibility index (Phi) is 7.84. The number of aromatic nitrogens is 1. The highest BCUT2D eigenvalue weighted by Crippen LogP contribution is 2.32. The summed E-state index contributed by atoms with van der Waals surface area (Å²) in [5, 5.41) is 0. The number of ketones is 1. The first kappa shape index (κ1) is 25.9. The number of aryl methyl sites for hydroxylation is 1. The molecular formula is C23H27F4N3O3S. The van der Waals surface area contributed by atoms with Gasteiger partial charge in [-0.1, -0.05) is 19.1 Å². The number of piperidine rings is 1. The minimum absolute atomic E-state index is 0.0417. The molecule has 1 aromatic heterocycles. The van der Waals surface area contributed by atoms with E-state index in [1.54, 1.807) is 6.92 Å². The van der Waals surface area contributed by atoms with Gasteiger partial charge >= 0.3 is 6.18 Å². The van der Waals surface area contributed by atoms with Crippen LogP contribution >= 0.6 is 0 Å². The summed E-state index contributed by atoms with van der Waals surface area (Å²) < 4.78 is 78.7. The van der Waals surface area contributed by atoms with Gasteiger partial charge in [-0.15, -0.1) is 0 Å². The van der Waals surface area contributed by atoms with Gasteiger partial charge in [0.2, 0.25) is 10.0 Å². The molecule has 2 heterocycles. The van der Waals surface area contributed by atoms with Crippen molar-refractivity contribution in [2.75, 3.05) is 29.0 Å². The second-order valence-corrected chi connectivity index (χ2v) is 10.3. The predicted octanol–water partition coefficient (Wildman–Crippen LogP) is 4.91. The molecule has 6 nitrogen and oxygen atoms in total. The van der Waals surface area contributed by atoms with Crippen LogP contribution in [-0.2, 0) is 27.4 Å². The number of hydrogen-bond donors (Lipinski definition) is 1. The summed E-state index contributed by atoms with van der Waals surface area (Å²) >= 11 is 0. The smallest absolute Gasteiger partial charge is 0.356 e. The highest BCUT2D eigenvalue weighted by atomic mass is 32.2. The Morgan fingerprint density at radius 3 is 2.41 bits per heavy atom. The number of Topliss-reactive ketones (excluding diaryl/α,β-unsaturated/α-hetero) is 1. The van der Waals surface area contributed by atoms with Crippen LogP contribution in [0.1, 0.15) is 55.3 Å². The first-order chi connectivity index (χ1) is 15.8. The fourth-order valence-electron chi connectivity index (χ4n) is 3.95. The van der Waals surface area contributed by atoms with Gasteiger partial charge in [-0.2, -0.15) is 13.2 Å². The fourth-order valence-corrected chi connectivity index (χ4v) is 4.52. The maximum Gasteiger partial charge on any atom is 0.433 e. The molecule has 0 spiro atoms. The van der Waals surface area contributed by atoms with E-state index in [1.165, 1.54) is 18.2 Å². The maximum atomic E-state index is 14.3. The summed E-state index contributed by atoms with van der Waals surface area (Å²) in [6, 6.07) is 6.14. The van der Waals surface area contributed by atoms with Crippen LogP contribution in [0, 0.1) is 5.82 Å². The molecule has 1 fully saturated rings. The number of rotatable bonds is 8. The summed E-state index contributed by atoms with van der Waals surface area (Å²) in [5.74, 6) is -1.44. The molecule has 3 rings (SSSR count). The molecule has 0 bridgehead atoms. The molecule has 0 radical (unpaired) electrons. The number of alkyl halides is 3. The van der Waals surface area contributed by atoms with Crippen LogP contribution in [0.4, 0.5) is 29.1 Å². The Hall–Kier alpha value is -2.69. The maximum absolute atomic E-state index is 14.3. The molecule has 1 saturated heterocycles. The van der Waals surface area contributed by atoms with E-state index in [-0.39, 0.29) is 30.1 Å². The average Bonchev–Trinajstić information content (AvgIpc) is 2.77. The van der Waals surface area contributed by atoms with E-state index in [1.807, 2.05) is 4.90 Å². The third-order valence-corrected chi connectivity index (χ3v) is 6.40. The van der Waals surface area contributed by atoms with Crippen molar-refractivity contribution in [1.29, 1.82) is 0 Å². The lowest BCUT2D eigenvalue weighted by Crippen LogP contribution is -2.31. The summed E-state index contributed by atoms with van der Waals surface area (Å²) in [6.45, 7) is 2.83. The second kappa shape index (κ2) is 10.3. The third-order valence-electron chi connectivity index (χ3n) is 5.81. The highest BCUT2D eigenvalue weighted by Gasteiger charge is 2.34. The number of nitrogens with one attached hydrogen (secondary N) is 1. The number of carbonyl (C=O) groups is 1. The van der Waals surface area contributed by atoms with Gasteiger partial charge < -0.3 is 4.90 Å². The van der Waals surface area contributed by atoms with Crippen molar-refractivity contribution in [3.8, 4) is 0 Å². The number of hydrogen-bond acceptors (Lipinski definition) is 5. The molecule has 1 N–H and O–H groups in total. The van der Waals surface area contributed by atoms with Crippen LogP contribution in [0.2, 0.25) is 0 Å². The van der Waals surface area contributed by atoms with Gasteiger partial charge in [-0.3, -0.25) is 9.52 Å². The Morgan fingerprint density at radius 2 is 1.82 bits per heavy atom. The van der Waals surface area contributed by atoms with E-state index in [2.05, 4.69) is 9.71 Å². The number of benzene rings is 1. The van der Waals surface area contributed by atoms with Crippen LogP contribution < -0.4 is 9.62 Å². The molecule has 1 aliphatic rings. The largest absolute Gasteiger partial charge is 0.433 e. The molecule has 1 aliphatic heterocycles. The second-order valence-electron chi connectivity index (χ2n) is 8.53. The van der Waals surface area contributed by atoms with Gasteiger partial charge in [0.1, 0.15) is 23.1 Å². The van der Waals surface area contributed by atoms with E-state index in [0.29, 0.717) is 24.2 Å². The minimum Gasteiger partial charge on any atom is -0.356 e. The third kappa shape index (κ3) is 6.68. The van der Waals surface area contributed by atoms with Crippen molar-refractivity contribution in [1.82, 2.24) is 4.98 Å². The summed E-state index contributed by atoms with van der Waals surface area (Å²) in [5.41, 5.74) is -0.236. The number of carbonyl (C=O) groups excluding carboxylic acids is 1. The Labute approximate surface area is 196 Å². The normalized spacial score (nSPS) is 15.8. The molecule has 0 aliphatic carbocycles. The summed E-state index contributed by atoms with van der Waals surface area (Å²) in [4.78, 5) is 18.5. The lowest BCUT2D eigenvalue weighted by molar-refractivity contribution is -0.141. The van der Waals surface area contributed by atoms with E-state index in [9.17, 15) is 30.8 Å². The molecule has 1 atom stereocenters. The predicted molar refractivity (Wildman–Crippen MR) is 122 cm³/mol. The number of nitrogens with zero attached hydrogens (tertiary/aromatic N) is 2. The topological polar surface area (TPSA) is 79.4 Å². The van der Waals surface area contributed by atoms with Crippen LogP contribution in [0.3, 0.4) is 0 Å². The zero-order chi connectivity index (χ0) is 25.1. The van der Waals surface area contributed by atoms with Crippen LogP contribution in [-0.4, -0.2) is 38.5 Å². The lowest BCUT2D eigenvalue weighted by atomic mass is 9.92. The van der Waals surface area contributed by atoms with Crippen molar-refractivity contribution in [3.63, 3.8) is 0 Å². The van der Waals surface area contributed by atoms with Gasteiger partial charge in [-0.25, -0.2) is 17.8 Å². The van der Waals surface area contributed by atoms with Crippen LogP contribution in [0.25, 0.3) is 0 Å². The van der Waals surface area contributed by atoms with Gasteiger partial charge in [0.25, 0.3) is 0 Å². The zero-order valence-electron chi connectivity index (χ0n) is 19.0. The Morgan fingerprint density at radius 1 is 1.15 bits per heavy atom. The number of pyridine rings is 1. The molecule has 0 amide bonds. The van der Waals surface area contributed by atoms with E-state index >= 15 is 0 Å². The molecule has 0 saturated carbocycles. The number of anilines is 2. The number of sulfonamides is 1. The van der Waals surface area contributed by atoms with E-state index in [0.717, 1.165) is 37.7 Å². The van der Waals surface area contributed by atoms with Crippen molar-refractivity contribution in [2.45, 2.75) is 51.1 Å². The average molecular weight is 502 g/mol. The van der Waals surface area contributed by atoms with Crippen molar-refractivity contribution in [3.05, 3.63) is 53.0 Å². The number of halogens is 4. The summed E-state index contributed by atoms with van der Waals surface area (Å²) in [7, 11) is -3.65. The molecule has 2 aromatic rings. The van der Waals surface area contributed by atoms with Crippen molar-refractivity contribution < 1.29 is 30.8 Å². The van der Waals surface area contributed by atoms with Gasteiger partial charge in [-0.05, 0) is 55.0 Å². The monoisotopic (exact) mass is 501 g/mol. The molecule has 34 heavy (non-hydrogen) atoms. The van der Waals surface area contributed by atoms with Crippen LogP contribution in [0.5, 0.6) is 0 Å². The van der Waals surface area contributed by atoms with Crippen LogP contribution in [0.15, 0.2) is 30.3 Å². The molecular weight excluding hydrogens is 474 g/mol. The molecule has 1 aromatic carbocycles. The lowest BCUT2D eigenvalue weighted by Gasteiger charge is -2.30. The van der Waals surface area contributed by atoms with E-state index in [4.69, 9.17) is 0 Å². The quantitative estimate of drug-likeness (QED) is 0.520. The van der Waals surface area contributed by atoms with Crippen molar-refractivity contribution >= 4 is 27.3 Å². The van der Waals surface area contributed by atoms with Gasteiger partial charge in [0, 0.05) is 25.4 Å². The molecule has 11 heteroatoms. The minimum atomic E-state index is -4.56. The van der Waals surface area contributed by atoms with Gasteiger partial charge in [0.15, 0.2) is 0 Å². The molecule has 0 unspecified atom stereocenters. The SMILES string of the molecule is C[C@H](C(=O)CCc1ccc(C(F)(F)F)nc1N1CCCCC1)c1ccc(NS(C)(=O)=O)c(F)c1. The first-order valence-electron chi connectivity index (χ1n) is 11.0. The van der Waals surface area contributed by atoms with E-state index < -0.39 is 33.6 Å². The fraction of sp³-hybridized carbons (Fsp3) is 0.478. The van der Waals surface area contributed by atoms with Crippen molar-refractivity contribution in [2.24, 2.45) is 0 Å².